The minimum Gasteiger partial charge on any atom is -0.497 e. The van der Waals surface area contributed by atoms with Gasteiger partial charge in [-0.15, -0.1) is 0 Å². The summed E-state index contributed by atoms with van der Waals surface area (Å²) in [4.78, 5) is 12.2. The van der Waals surface area contributed by atoms with Crippen molar-refractivity contribution in [1.82, 2.24) is 0 Å². The molecule has 144 valence electrons. The Morgan fingerprint density at radius 1 is 1.19 bits per heavy atom. The van der Waals surface area contributed by atoms with Crippen LogP contribution in [0.25, 0.3) is 0 Å². The molecule has 1 aromatic rings. The fourth-order valence-corrected chi connectivity index (χ4v) is 2.66. The molecule has 2 aliphatic rings. The van der Waals surface area contributed by atoms with Gasteiger partial charge in [-0.2, -0.15) is 5.06 Å². The minimum atomic E-state index is -1.72. The van der Waals surface area contributed by atoms with Crippen molar-refractivity contribution in [2.45, 2.75) is 37.0 Å². The molecule has 2 aliphatic heterocycles. The molecule has 1 saturated heterocycles. The molecule has 0 radical (unpaired) electrons. The number of benzene rings is 1. The molecule has 0 unspecified atom stereocenters. The number of carbonyl (C=O) groups is 1. The Kier molecular flexibility index (Phi) is 5.29. The number of methoxy groups -OCH3 is 1. The molecule has 0 aliphatic carbocycles. The summed E-state index contributed by atoms with van der Waals surface area (Å²) in [5.41, 5.74) is 0.0597. The highest BCUT2D eigenvalue weighted by atomic mass is 16.8. The number of carbonyl (C=O) groups excluding carboxylic acids is 1. The van der Waals surface area contributed by atoms with Gasteiger partial charge in [0.2, 0.25) is 0 Å². The van der Waals surface area contributed by atoms with E-state index in [1.165, 1.54) is 25.3 Å². The van der Waals surface area contributed by atoms with Crippen molar-refractivity contribution in [3.8, 4) is 11.5 Å². The van der Waals surface area contributed by atoms with Gasteiger partial charge in [0, 0.05) is 6.07 Å². The first-order valence-electron chi connectivity index (χ1n) is 7.71. The number of amides is 1. The van der Waals surface area contributed by atoms with Gasteiger partial charge >= 0.3 is 5.91 Å². The summed E-state index contributed by atoms with van der Waals surface area (Å²) in [6, 6.07) is 4.32. The molecule has 3 rings (SSSR count). The van der Waals surface area contributed by atoms with E-state index >= 15 is 0 Å². The lowest BCUT2D eigenvalue weighted by Crippen LogP contribution is -2.61. The summed E-state index contributed by atoms with van der Waals surface area (Å²) in [6.45, 7) is -0.656. The Hall–Kier alpha value is -1.99. The summed E-state index contributed by atoms with van der Waals surface area (Å²) >= 11 is 0. The molecule has 1 fully saturated rings. The van der Waals surface area contributed by atoms with Gasteiger partial charge in [-0.3, -0.25) is 10.0 Å². The van der Waals surface area contributed by atoms with Crippen LogP contribution in [0.3, 0.4) is 0 Å². The predicted molar refractivity (Wildman–Crippen MR) is 81.5 cm³/mol. The number of rotatable bonds is 4. The van der Waals surface area contributed by atoms with Crippen LogP contribution in [0.5, 0.6) is 11.5 Å². The zero-order chi connectivity index (χ0) is 19.0. The second-order valence-corrected chi connectivity index (χ2v) is 5.77. The lowest BCUT2D eigenvalue weighted by Gasteiger charge is -2.41. The maximum Gasteiger partial charge on any atom is 0.320 e. The van der Waals surface area contributed by atoms with E-state index in [0.29, 0.717) is 10.8 Å². The Morgan fingerprint density at radius 2 is 1.92 bits per heavy atom. The fourth-order valence-electron chi connectivity index (χ4n) is 2.66. The van der Waals surface area contributed by atoms with Gasteiger partial charge in [-0.25, -0.2) is 0 Å². The number of nitrogens with zero attached hydrogens (tertiary/aromatic N) is 1. The van der Waals surface area contributed by atoms with Crippen LogP contribution < -0.4 is 14.5 Å². The molecule has 6 atom stereocenters. The Bertz CT molecular complexity index is 668. The average Bonchev–Trinajstić information content (AvgIpc) is 2.65. The number of aliphatic hydroxyl groups excluding tert-OH is 4. The first-order valence-corrected chi connectivity index (χ1v) is 7.71. The van der Waals surface area contributed by atoms with E-state index in [-0.39, 0.29) is 11.4 Å². The van der Waals surface area contributed by atoms with Gasteiger partial charge in [0.15, 0.2) is 12.0 Å². The zero-order valence-corrected chi connectivity index (χ0v) is 13.6. The molecule has 26 heavy (non-hydrogen) atoms. The van der Waals surface area contributed by atoms with Crippen molar-refractivity contribution in [1.29, 1.82) is 0 Å². The summed E-state index contributed by atoms with van der Waals surface area (Å²) in [5, 5.41) is 49.0. The quantitative estimate of drug-likeness (QED) is 0.372. The van der Waals surface area contributed by atoms with Crippen molar-refractivity contribution in [3.05, 3.63) is 18.2 Å². The van der Waals surface area contributed by atoms with Crippen LogP contribution in [0.1, 0.15) is 0 Å². The smallest absolute Gasteiger partial charge is 0.320 e. The van der Waals surface area contributed by atoms with E-state index < -0.39 is 49.5 Å². The van der Waals surface area contributed by atoms with Crippen LogP contribution in [0.2, 0.25) is 0 Å². The topological polar surface area (TPSA) is 158 Å². The van der Waals surface area contributed by atoms with Crippen molar-refractivity contribution in [2.75, 3.05) is 18.8 Å². The second-order valence-electron chi connectivity index (χ2n) is 5.77. The highest BCUT2D eigenvalue weighted by molar-refractivity contribution is 5.97. The molecule has 0 saturated carbocycles. The van der Waals surface area contributed by atoms with Gasteiger partial charge in [-0.1, -0.05) is 0 Å². The molecule has 1 aromatic carbocycles. The van der Waals surface area contributed by atoms with Crippen LogP contribution in [0.15, 0.2) is 18.2 Å². The fraction of sp³-hybridized carbons (Fsp3) is 0.533. The number of hydrogen-bond donors (Lipinski definition) is 5. The number of hydrogen-bond acceptors (Lipinski definition) is 10. The second kappa shape index (κ2) is 7.32. The van der Waals surface area contributed by atoms with Crippen molar-refractivity contribution in [3.63, 3.8) is 0 Å². The third-order valence-electron chi connectivity index (χ3n) is 4.15. The lowest BCUT2D eigenvalue weighted by molar-refractivity contribution is -0.323. The molecule has 0 bridgehead atoms. The van der Waals surface area contributed by atoms with Crippen LogP contribution in [0.4, 0.5) is 5.69 Å². The van der Waals surface area contributed by atoms with Gasteiger partial charge in [-0.05, 0) is 12.1 Å². The molecular formula is C15H19NO10. The summed E-state index contributed by atoms with van der Waals surface area (Å²) in [5.74, 6) is -0.529. The van der Waals surface area contributed by atoms with Gasteiger partial charge in [0.1, 0.15) is 35.9 Å². The first kappa shape index (κ1) is 18.8. The average molecular weight is 373 g/mol. The number of hydroxylamine groups is 1. The van der Waals surface area contributed by atoms with Crippen molar-refractivity contribution < 1.29 is 49.4 Å². The Morgan fingerprint density at radius 3 is 2.58 bits per heavy atom. The molecular weight excluding hydrogens is 354 g/mol. The molecule has 5 N–H and O–H groups in total. The number of fused-ring (bicyclic) bond motifs is 1. The normalized spacial score (nSPS) is 34.2. The van der Waals surface area contributed by atoms with Crippen molar-refractivity contribution in [2.24, 2.45) is 0 Å². The maximum atomic E-state index is 12.2. The number of ether oxygens (including phenoxy) is 4. The van der Waals surface area contributed by atoms with Crippen LogP contribution in [0, 0.1) is 0 Å². The molecule has 0 spiro atoms. The number of anilines is 1. The SMILES string of the molecule is COc1ccc2c(c1)O[C@H](O[C@@H]1O[C@H](CO)[C@@H](O)[C@@H](O)[C@H]1O)C(=O)N2O. The van der Waals surface area contributed by atoms with Crippen LogP contribution in [-0.2, 0) is 14.3 Å². The highest BCUT2D eigenvalue weighted by Gasteiger charge is 2.47. The van der Waals surface area contributed by atoms with Crippen molar-refractivity contribution >= 4 is 11.6 Å². The standard InChI is InChI=1S/C15H19NO10/c1-23-6-2-3-7-8(4-6)24-15(13(21)16(7)22)26-14-12(20)11(19)10(18)9(5-17)25-14/h2-4,9-12,14-15,17-20,22H,5H2,1H3/t9-,10-,11-,12-,14+,15-/m1/s1. The van der Waals surface area contributed by atoms with E-state index in [0.717, 1.165) is 0 Å². The lowest BCUT2D eigenvalue weighted by atomic mass is 9.99. The van der Waals surface area contributed by atoms with Gasteiger partial charge in [0.05, 0.1) is 13.7 Å². The van der Waals surface area contributed by atoms with E-state index in [9.17, 15) is 30.4 Å². The minimum absolute atomic E-state index is 0.0597. The third-order valence-corrected chi connectivity index (χ3v) is 4.15. The van der Waals surface area contributed by atoms with E-state index in [2.05, 4.69) is 0 Å². The molecule has 2 heterocycles. The summed E-state index contributed by atoms with van der Waals surface area (Å²) in [7, 11) is 1.42. The predicted octanol–water partition coefficient (Wildman–Crippen LogP) is -2.05. The Labute approximate surface area is 147 Å². The highest BCUT2D eigenvalue weighted by Crippen LogP contribution is 2.37. The maximum absolute atomic E-state index is 12.2. The monoisotopic (exact) mass is 373 g/mol. The van der Waals surface area contributed by atoms with E-state index in [1.54, 1.807) is 0 Å². The molecule has 1 amide bonds. The summed E-state index contributed by atoms with van der Waals surface area (Å²) in [6.07, 6.45) is -9.49. The van der Waals surface area contributed by atoms with Crippen LogP contribution >= 0.6 is 0 Å². The molecule has 11 nitrogen and oxygen atoms in total. The van der Waals surface area contributed by atoms with E-state index in [4.69, 9.17) is 18.9 Å². The van der Waals surface area contributed by atoms with E-state index in [1.807, 2.05) is 0 Å². The van der Waals surface area contributed by atoms with Crippen LogP contribution in [-0.4, -0.2) is 82.3 Å². The molecule has 11 heteroatoms. The Balaban J connectivity index is 1.80. The first-order chi connectivity index (χ1) is 12.4. The van der Waals surface area contributed by atoms with Gasteiger partial charge in [0.25, 0.3) is 6.29 Å². The summed E-state index contributed by atoms with van der Waals surface area (Å²) < 4.78 is 20.8. The third kappa shape index (κ3) is 3.21. The molecule has 0 aromatic heterocycles. The zero-order valence-electron chi connectivity index (χ0n) is 13.6. The number of aliphatic hydroxyl groups is 4. The largest absolute Gasteiger partial charge is 0.497 e. The van der Waals surface area contributed by atoms with Gasteiger partial charge < -0.3 is 39.4 Å².